The Morgan fingerprint density at radius 3 is 1.80 bits per heavy atom. The highest BCUT2D eigenvalue weighted by atomic mass is 16.8. The molecular weight excluding hydrogens is 568 g/mol. The van der Waals surface area contributed by atoms with E-state index in [0.29, 0.717) is 0 Å². The summed E-state index contributed by atoms with van der Waals surface area (Å²) in [5, 5.41) is 101. The van der Waals surface area contributed by atoms with E-state index >= 15 is 0 Å². The maximum atomic E-state index is 11.6. The summed E-state index contributed by atoms with van der Waals surface area (Å²) < 4.78 is 42.4. The van der Waals surface area contributed by atoms with E-state index in [2.05, 4.69) is 0 Å². The zero-order chi connectivity index (χ0) is 30.2. The second kappa shape index (κ2) is 13.6. The highest BCUT2D eigenvalue weighted by molar-refractivity contribution is 5.73. The first-order valence-electron chi connectivity index (χ1n) is 12.7. The molecule has 41 heavy (non-hydrogen) atoms. The van der Waals surface area contributed by atoms with Gasteiger partial charge in [0.05, 0.1) is 19.8 Å². The van der Waals surface area contributed by atoms with E-state index in [1.54, 1.807) is 0 Å². The van der Waals surface area contributed by atoms with Gasteiger partial charge >= 0.3 is 5.97 Å². The van der Waals surface area contributed by atoms with Crippen molar-refractivity contribution in [3.8, 4) is 0 Å². The molecule has 4 saturated heterocycles. The molecule has 4 aliphatic rings. The number of methoxy groups -OCH3 is 1. The number of ether oxygens (including phenoxy) is 8. The first kappa shape index (κ1) is 32.7. The summed E-state index contributed by atoms with van der Waals surface area (Å²) in [5.74, 6) is -1.55. The molecule has 4 fully saturated rings. The Morgan fingerprint density at radius 2 is 1.17 bits per heavy atom. The van der Waals surface area contributed by atoms with Gasteiger partial charge in [-0.1, -0.05) is 0 Å². The van der Waals surface area contributed by atoms with Crippen molar-refractivity contribution in [2.24, 2.45) is 0 Å². The minimum absolute atomic E-state index is 0.366. The molecule has 4 rings (SSSR count). The molecule has 19 heteroatoms. The van der Waals surface area contributed by atoms with E-state index in [1.165, 1.54) is 0 Å². The van der Waals surface area contributed by atoms with Gasteiger partial charge in [0.25, 0.3) is 0 Å². The number of hydrogen-bond acceptors (Lipinski definition) is 18. The highest BCUT2D eigenvalue weighted by Gasteiger charge is 2.53. The number of aliphatic carboxylic acids is 1. The molecule has 0 bridgehead atoms. The third kappa shape index (κ3) is 6.81. The first-order valence-corrected chi connectivity index (χ1v) is 12.7. The minimum atomic E-state index is -1.87. The van der Waals surface area contributed by atoms with Crippen LogP contribution >= 0.6 is 0 Å². The summed E-state index contributed by atoms with van der Waals surface area (Å²) in [6.07, 6.45) is -27.9. The van der Waals surface area contributed by atoms with Gasteiger partial charge in [-0.15, -0.1) is 0 Å². The lowest BCUT2D eigenvalue weighted by atomic mass is 9.98. The van der Waals surface area contributed by atoms with Crippen molar-refractivity contribution in [2.75, 3.05) is 26.9 Å². The van der Waals surface area contributed by atoms with Gasteiger partial charge in [0.2, 0.25) is 0 Å². The Hall–Kier alpha value is -1.21. The predicted octanol–water partition coefficient (Wildman–Crippen LogP) is -7.09. The Bertz CT molecular complexity index is 865. The lowest BCUT2D eigenvalue weighted by Crippen LogP contribution is -2.65. The third-order valence-electron chi connectivity index (χ3n) is 7.29. The standard InChI is InChI=1S/C22H36O19/c1-34-15-11(27)14(30)21(41-17(15)18(31)32)40-16-8(24)5(23)2-36-22(16)39-7-4-37-20(13(29)10(7)26)38-6-3-35-19(33)12(28)9(6)25/h5-17,19-30,33H,2-4H2,1H3,(H,31,32). The summed E-state index contributed by atoms with van der Waals surface area (Å²) in [6, 6.07) is 0. The van der Waals surface area contributed by atoms with Gasteiger partial charge in [-0.2, -0.15) is 0 Å². The molecule has 0 aliphatic carbocycles. The van der Waals surface area contributed by atoms with Crippen molar-refractivity contribution in [3.63, 3.8) is 0 Å². The number of hydrogen-bond donors (Lipinski definition) is 10. The Balaban J connectivity index is 1.41. The van der Waals surface area contributed by atoms with Crippen LogP contribution in [0.3, 0.4) is 0 Å². The highest BCUT2D eigenvalue weighted by Crippen LogP contribution is 2.31. The lowest BCUT2D eigenvalue weighted by Gasteiger charge is -2.46. The zero-order valence-corrected chi connectivity index (χ0v) is 21.6. The molecule has 4 heterocycles. The average molecular weight is 605 g/mol. The summed E-state index contributed by atoms with van der Waals surface area (Å²) in [6.45, 7) is -1.30. The first-order chi connectivity index (χ1) is 19.3. The molecule has 0 aromatic heterocycles. The molecule has 17 atom stereocenters. The largest absolute Gasteiger partial charge is 0.479 e. The fraction of sp³-hybridized carbons (Fsp3) is 0.955. The second-order valence-electron chi connectivity index (χ2n) is 10.0. The van der Waals surface area contributed by atoms with Crippen LogP contribution < -0.4 is 0 Å². The van der Waals surface area contributed by atoms with Crippen LogP contribution in [0, 0.1) is 0 Å². The van der Waals surface area contributed by atoms with Crippen molar-refractivity contribution in [2.45, 2.75) is 105 Å². The van der Waals surface area contributed by atoms with E-state index in [0.717, 1.165) is 7.11 Å². The van der Waals surface area contributed by atoms with Gasteiger partial charge in [0.1, 0.15) is 73.2 Å². The van der Waals surface area contributed by atoms with E-state index in [-0.39, 0.29) is 6.61 Å². The van der Waals surface area contributed by atoms with E-state index < -0.39 is 124 Å². The molecule has 4 aliphatic heterocycles. The van der Waals surface area contributed by atoms with Crippen molar-refractivity contribution < 1.29 is 93.8 Å². The number of carbonyl (C=O) groups is 1. The molecule has 0 saturated carbocycles. The number of rotatable bonds is 8. The van der Waals surface area contributed by atoms with Gasteiger partial charge in [-0.25, -0.2) is 4.79 Å². The van der Waals surface area contributed by atoms with E-state index in [9.17, 15) is 55.9 Å². The summed E-state index contributed by atoms with van der Waals surface area (Å²) in [7, 11) is 1.10. The lowest BCUT2D eigenvalue weighted by molar-refractivity contribution is -0.372. The molecule has 0 aromatic rings. The maximum absolute atomic E-state index is 11.6. The SMILES string of the molecule is COC1C(C(=O)O)OC(OC2C(OC3COC(OC4COC(O)C(O)C4O)C(O)C3O)OCC(O)C2O)C(O)C1O. The monoisotopic (exact) mass is 604 g/mol. The van der Waals surface area contributed by atoms with Gasteiger partial charge < -0.3 is 89.0 Å². The number of aliphatic hydroxyl groups excluding tert-OH is 9. The van der Waals surface area contributed by atoms with Crippen molar-refractivity contribution in [3.05, 3.63) is 0 Å². The number of carboxylic acids is 1. The van der Waals surface area contributed by atoms with Crippen molar-refractivity contribution in [1.29, 1.82) is 0 Å². The summed E-state index contributed by atoms with van der Waals surface area (Å²) in [4.78, 5) is 11.6. The molecule has 0 amide bonds. The van der Waals surface area contributed by atoms with E-state index in [1.807, 2.05) is 0 Å². The summed E-state index contributed by atoms with van der Waals surface area (Å²) >= 11 is 0. The minimum Gasteiger partial charge on any atom is -0.479 e. The van der Waals surface area contributed by atoms with Crippen molar-refractivity contribution >= 4 is 5.97 Å². The Kier molecular flexibility index (Phi) is 10.9. The molecule has 0 spiro atoms. The number of carboxylic acid groups (broad SMARTS) is 1. The van der Waals surface area contributed by atoms with Crippen molar-refractivity contribution in [1.82, 2.24) is 0 Å². The topological polar surface area (TPSA) is 293 Å². The van der Waals surface area contributed by atoms with Crippen LogP contribution in [0.4, 0.5) is 0 Å². The third-order valence-corrected chi connectivity index (χ3v) is 7.29. The fourth-order valence-corrected chi connectivity index (χ4v) is 4.85. The molecular formula is C22H36O19. The second-order valence-corrected chi connectivity index (χ2v) is 10.0. The van der Waals surface area contributed by atoms with Gasteiger partial charge in [0, 0.05) is 7.11 Å². The number of aliphatic hydroxyl groups is 9. The van der Waals surface area contributed by atoms with Crippen LogP contribution in [0.25, 0.3) is 0 Å². The van der Waals surface area contributed by atoms with Crippen LogP contribution in [-0.2, 0) is 42.7 Å². The smallest absolute Gasteiger partial charge is 0.335 e. The molecule has 17 unspecified atom stereocenters. The Labute approximate surface area is 231 Å². The molecule has 0 radical (unpaired) electrons. The molecule has 19 nitrogen and oxygen atoms in total. The fourth-order valence-electron chi connectivity index (χ4n) is 4.85. The Morgan fingerprint density at radius 1 is 0.610 bits per heavy atom. The van der Waals surface area contributed by atoms with Gasteiger partial charge in [-0.3, -0.25) is 0 Å². The van der Waals surface area contributed by atoms with Crippen LogP contribution in [0.2, 0.25) is 0 Å². The molecule has 238 valence electrons. The van der Waals surface area contributed by atoms with Gasteiger partial charge in [0.15, 0.2) is 31.3 Å². The van der Waals surface area contributed by atoms with Crippen LogP contribution in [0.15, 0.2) is 0 Å². The van der Waals surface area contributed by atoms with Gasteiger partial charge in [-0.05, 0) is 0 Å². The molecule has 10 N–H and O–H groups in total. The summed E-state index contributed by atoms with van der Waals surface area (Å²) in [5.41, 5.74) is 0. The maximum Gasteiger partial charge on any atom is 0.335 e. The van der Waals surface area contributed by atoms with Crippen LogP contribution in [0.5, 0.6) is 0 Å². The predicted molar refractivity (Wildman–Crippen MR) is 121 cm³/mol. The quantitative estimate of drug-likeness (QED) is 0.123. The normalized spacial score (nSPS) is 51.3. The average Bonchev–Trinajstić information content (AvgIpc) is 2.94. The van der Waals surface area contributed by atoms with E-state index in [4.69, 9.17) is 37.9 Å². The zero-order valence-electron chi connectivity index (χ0n) is 21.6. The van der Waals surface area contributed by atoms with Crippen LogP contribution in [-0.4, -0.2) is 188 Å². The van der Waals surface area contributed by atoms with Crippen LogP contribution in [0.1, 0.15) is 0 Å². The molecule has 0 aromatic carbocycles.